The molecule has 0 unspecified atom stereocenters. The molecule has 0 N–H and O–H groups in total. The summed E-state index contributed by atoms with van der Waals surface area (Å²) in [6.07, 6.45) is 7.47. The van der Waals surface area contributed by atoms with E-state index in [1.807, 2.05) is 6.92 Å². The van der Waals surface area contributed by atoms with Crippen LogP contribution in [-0.4, -0.2) is 28.1 Å². The van der Waals surface area contributed by atoms with E-state index in [9.17, 15) is 14.4 Å². The first kappa shape index (κ1) is 17.4. The van der Waals surface area contributed by atoms with Gasteiger partial charge in [0.1, 0.15) is 0 Å². The van der Waals surface area contributed by atoms with E-state index in [1.54, 1.807) is 0 Å². The van der Waals surface area contributed by atoms with E-state index < -0.39 is 5.97 Å². The molecule has 0 aliphatic heterocycles. The van der Waals surface area contributed by atoms with Crippen LogP contribution in [0.3, 0.4) is 0 Å². The topological polar surface area (TPSA) is 78.3 Å². The van der Waals surface area contributed by atoms with Crippen molar-refractivity contribution in [1.29, 1.82) is 0 Å². The van der Waals surface area contributed by atoms with E-state index in [-0.39, 0.29) is 29.1 Å². The van der Waals surface area contributed by atoms with Crippen molar-refractivity contribution in [3.8, 4) is 0 Å². The van der Waals surface area contributed by atoms with Gasteiger partial charge in [-0.2, -0.15) is 5.10 Å². The lowest BCUT2D eigenvalue weighted by Gasteiger charge is -2.55. The van der Waals surface area contributed by atoms with Crippen LogP contribution in [0.15, 0.2) is 16.9 Å². The average molecular weight is 358 g/mol. The fourth-order valence-electron chi connectivity index (χ4n) is 5.74. The largest absolute Gasteiger partial charge is 0.453 e. The molecule has 4 aliphatic rings. The summed E-state index contributed by atoms with van der Waals surface area (Å²) in [6.45, 7) is 2.20. The van der Waals surface area contributed by atoms with Crippen LogP contribution in [0.25, 0.3) is 0 Å². The van der Waals surface area contributed by atoms with Gasteiger partial charge in [-0.1, -0.05) is 6.92 Å². The normalized spacial score (nSPS) is 31.8. The number of esters is 1. The minimum atomic E-state index is -0.632. The highest BCUT2D eigenvalue weighted by atomic mass is 16.5. The van der Waals surface area contributed by atoms with Crippen LogP contribution in [0, 0.1) is 23.2 Å². The van der Waals surface area contributed by atoms with Gasteiger partial charge in [-0.25, -0.2) is 9.48 Å². The molecule has 6 heteroatoms. The van der Waals surface area contributed by atoms with E-state index in [2.05, 4.69) is 5.10 Å². The fraction of sp³-hybridized carbons (Fsp3) is 0.700. The Morgan fingerprint density at radius 3 is 2.35 bits per heavy atom. The van der Waals surface area contributed by atoms with Crippen LogP contribution < -0.4 is 5.56 Å². The first-order chi connectivity index (χ1) is 12.5. The second-order valence-electron chi connectivity index (χ2n) is 8.48. The number of aromatic nitrogens is 2. The highest BCUT2D eigenvalue weighted by Crippen LogP contribution is 2.60. The number of rotatable bonds is 6. The quantitative estimate of drug-likeness (QED) is 0.731. The van der Waals surface area contributed by atoms with Gasteiger partial charge in [-0.15, -0.1) is 0 Å². The lowest BCUT2D eigenvalue weighted by atomic mass is 9.48. The van der Waals surface area contributed by atoms with Gasteiger partial charge in [0.05, 0.1) is 0 Å². The van der Waals surface area contributed by atoms with Crippen LogP contribution in [0.5, 0.6) is 0 Å². The SMILES string of the molecule is CCCn1nc(C(=O)OCC(=O)C23CC4CC(CC(C4)C2)C3)ccc1=O. The molecule has 1 aromatic rings. The van der Waals surface area contributed by atoms with Gasteiger partial charge in [0, 0.05) is 18.0 Å². The van der Waals surface area contributed by atoms with Crippen LogP contribution >= 0.6 is 0 Å². The number of carbonyl (C=O) groups excluding carboxylic acids is 2. The van der Waals surface area contributed by atoms with Gasteiger partial charge in [0.15, 0.2) is 18.1 Å². The molecule has 1 heterocycles. The maximum atomic E-state index is 12.9. The van der Waals surface area contributed by atoms with Crippen molar-refractivity contribution in [1.82, 2.24) is 9.78 Å². The summed E-state index contributed by atoms with van der Waals surface area (Å²) in [4.78, 5) is 36.9. The molecule has 4 saturated carbocycles. The molecule has 0 atom stereocenters. The molecule has 6 nitrogen and oxygen atoms in total. The van der Waals surface area contributed by atoms with Crippen molar-refractivity contribution < 1.29 is 14.3 Å². The Hall–Kier alpha value is -1.98. The zero-order chi connectivity index (χ0) is 18.3. The predicted molar refractivity (Wildman–Crippen MR) is 94.7 cm³/mol. The van der Waals surface area contributed by atoms with Crippen LogP contribution in [-0.2, 0) is 16.1 Å². The fourth-order valence-corrected chi connectivity index (χ4v) is 5.74. The van der Waals surface area contributed by atoms with Crippen molar-refractivity contribution in [3.05, 3.63) is 28.2 Å². The smallest absolute Gasteiger partial charge is 0.359 e. The Morgan fingerprint density at radius 1 is 1.15 bits per heavy atom. The van der Waals surface area contributed by atoms with Gasteiger partial charge < -0.3 is 4.74 Å². The Bertz CT molecular complexity index is 747. The molecule has 0 radical (unpaired) electrons. The molecule has 140 valence electrons. The first-order valence-electron chi connectivity index (χ1n) is 9.77. The summed E-state index contributed by atoms with van der Waals surface area (Å²) in [6, 6.07) is 2.69. The van der Waals surface area contributed by atoms with E-state index in [1.165, 1.54) is 36.1 Å². The molecule has 4 fully saturated rings. The second-order valence-corrected chi connectivity index (χ2v) is 8.48. The molecule has 0 saturated heterocycles. The van der Waals surface area contributed by atoms with Gasteiger partial charge in [0.2, 0.25) is 0 Å². The summed E-state index contributed by atoms with van der Waals surface area (Å²) in [5.41, 5.74) is -0.423. The summed E-state index contributed by atoms with van der Waals surface area (Å²) in [5.74, 6) is 1.49. The number of carbonyl (C=O) groups is 2. The molecule has 5 rings (SSSR count). The van der Waals surface area contributed by atoms with Crippen molar-refractivity contribution >= 4 is 11.8 Å². The van der Waals surface area contributed by atoms with Crippen LogP contribution in [0.1, 0.15) is 62.4 Å². The zero-order valence-corrected chi connectivity index (χ0v) is 15.3. The van der Waals surface area contributed by atoms with Crippen LogP contribution in [0.2, 0.25) is 0 Å². The molecule has 26 heavy (non-hydrogen) atoms. The third-order valence-electron chi connectivity index (χ3n) is 6.48. The lowest BCUT2D eigenvalue weighted by Crippen LogP contribution is -2.51. The van der Waals surface area contributed by atoms with Gasteiger partial charge in [-0.05, 0) is 68.8 Å². The third-order valence-corrected chi connectivity index (χ3v) is 6.48. The van der Waals surface area contributed by atoms with Gasteiger partial charge in [0.25, 0.3) is 5.56 Å². The number of hydrogen-bond acceptors (Lipinski definition) is 5. The minimum absolute atomic E-state index is 0.0758. The molecule has 4 aliphatic carbocycles. The first-order valence-corrected chi connectivity index (χ1v) is 9.77. The number of ether oxygens (including phenoxy) is 1. The Labute approximate surface area is 152 Å². The summed E-state index contributed by atoms with van der Waals surface area (Å²) >= 11 is 0. The summed E-state index contributed by atoms with van der Waals surface area (Å²) in [7, 11) is 0. The molecule has 0 spiro atoms. The van der Waals surface area contributed by atoms with Crippen molar-refractivity contribution in [2.45, 2.75) is 58.4 Å². The van der Waals surface area contributed by atoms with Crippen molar-refractivity contribution in [2.75, 3.05) is 6.61 Å². The number of nitrogens with zero attached hydrogens (tertiary/aromatic N) is 2. The highest BCUT2D eigenvalue weighted by molar-refractivity contribution is 5.92. The maximum absolute atomic E-state index is 12.9. The number of hydrogen-bond donors (Lipinski definition) is 0. The Morgan fingerprint density at radius 2 is 1.77 bits per heavy atom. The second kappa shape index (κ2) is 6.63. The van der Waals surface area contributed by atoms with Crippen LogP contribution in [0.4, 0.5) is 0 Å². The predicted octanol–water partition coefficient (Wildman–Crippen LogP) is 2.60. The van der Waals surface area contributed by atoms with Crippen molar-refractivity contribution in [2.24, 2.45) is 23.2 Å². The van der Waals surface area contributed by atoms with E-state index >= 15 is 0 Å². The molecular formula is C20H26N2O4. The number of aryl methyl sites for hydroxylation is 1. The van der Waals surface area contributed by atoms with Crippen molar-refractivity contribution in [3.63, 3.8) is 0 Å². The Kier molecular flexibility index (Phi) is 4.45. The van der Waals surface area contributed by atoms with Gasteiger partial charge in [-0.3, -0.25) is 9.59 Å². The number of Topliss-reactive ketones (excluding diaryl/α,β-unsaturated/α-hetero) is 1. The van der Waals surface area contributed by atoms with E-state index in [0.717, 1.165) is 25.7 Å². The van der Waals surface area contributed by atoms with E-state index in [4.69, 9.17) is 4.74 Å². The summed E-state index contributed by atoms with van der Waals surface area (Å²) < 4.78 is 6.55. The molecule has 1 aromatic heterocycles. The molecule has 0 amide bonds. The molecule has 0 aromatic carbocycles. The van der Waals surface area contributed by atoms with Gasteiger partial charge >= 0.3 is 5.97 Å². The van der Waals surface area contributed by atoms with E-state index in [0.29, 0.717) is 24.3 Å². The number of ketones is 1. The highest BCUT2D eigenvalue weighted by Gasteiger charge is 2.54. The standard InChI is InChI=1S/C20H26N2O4/c1-2-5-22-18(24)4-3-16(21-22)19(25)26-12-17(23)20-9-13-6-14(10-20)8-15(7-13)11-20/h3-4,13-15H,2,5-12H2,1H3. The monoisotopic (exact) mass is 358 g/mol. The molecule has 4 bridgehead atoms. The minimum Gasteiger partial charge on any atom is -0.453 e. The summed E-state index contributed by atoms with van der Waals surface area (Å²) in [5, 5.41) is 4.05. The average Bonchev–Trinajstić information content (AvgIpc) is 2.60. The molecular weight excluding hydrogens is 332 g/mol. The lowest BCUT2D eigenvalue weighted by molar-refractivity contribution is -0.147. The zero-order valence-electron chi connectivity index (χ0n) is 15.3. The maximum Gasteiger partial charge on any atom is 0.359 e. The third kappa shape index (κ3) is 3.10. The Balaban J connectivity index is 1.41.